The number of hydrogen-bond acceptors (Lipinski definition) is 4. The Morgan fingerprint density at radius 3 is 2.92 bits per heavy atom. The molecule has 1 N–H and O–H groups in total. The standard InChI is InChI=1S/C18H15N3O2S/c1-11-8-15(12(2)23-11)17(22)19-14-5-3-4-13(9-14)16-10-21-6-7-24-18(21)20-16/h3-10H,1-2H3,(H,19,22). The molecule has 1 amide bonds. The summed E-state index contributed by atoms with van der Waals surface area (Å²) in [7, 11) is 0. The van der Waals surface area contributed by atoms with Crippen LogP contribution in [-0.2, 0) is 0 Å². The Balaban J connectivity index is 1.61. The topological polar surface area (TPSA) is 59.5 Å². The highest BCUT2D eigenvalue weighted by Crippen LogP contribution is 2.24. The lowest BCUT2D eigenvalue weighted by atomic mass is 10.1. The highest BCUT2D eigenvalue weighted by molar-refractivity contribution is 7.15. The average Bonchev–Trinajstić information content (AvgIpc) is 3.21. The largest absolute Gasteiger partial charge is 0.466 e. The molecule has 0 bridgehead atoms. The number of nitrogens with one attached hydrogen (secondary N) is 1. The van der Waals surface area contributed by atoms with Crippen molar-refractivity contribution in [1.29, 1.82) is 0 Å². The minimum absolute atomic E-state index is 0.174. The fourth-order valence-corrected chi connectivity index (χ4v) is 3.38. The molecule has 0 fully saturated rings. The van der Waals surface area contributed by atoms with Crippen molar-refractivity contribution < 1.29 is 9.21 Å². The summed E-state index contributed by atoms with van der Waals surface area (Å²) in [5.74, 6) is 1.17. The van der Waals surface area contributed by atoms with E-state index in [9.17, 15) is 4.79 Å². The van der Waals surface area contributed by atoms with Crippen LogP contribution in [0.4, 0.5) is 5.69 Å². The van der Waals surface area contributed by atoms with Crippen LogP contribution in [0.15, 0.2) is 52.5 Å². The second kappa shape index (κ2) is 5.65. The van der Waals surface area contributed by atoms with Crippen LogP contribution in [-0.4, -0.2) is 15.3 Å². The van der Waals surface area contributed by atoms with E-state index in [0.29, 0.717) is 11.3 Å². The second-order valence-corrected chi connectivity index (χ2v) is 6.45. The highest BCUT2D eigenvalue weighted by Gasteiger charge is 2.14. The number of aromatic nitrogens is 2. The highest BCUT2D eigenvalue weighted by atomic mass is 32.1. The number of thiazole rings is 1. The monoisotopic (exact) mass is 337 g/mol. The molecule has 120 valence electrons. The van der Waals surface area contributed by atoms with Gasteiger partial charge in [-0.2, -0.15) is 0 Å². The summed E-state index contributed by atoms with van der Waals surface area (Å²) in [5.41, 5.74) is 3.13. The van der Waals surface area contributed by atoms with Gasteiger partial charge in [0.25, 0.3) is 5.91 Å². The van der Waals surface area contributed by atoms with Crippen molar-refractivity contribution in [3.05, 3.63) is 65.2 Å². The van der Waals surface area contributed by atoms with Crippen molar-refractivity contribution in [3.63, 3.8) is 0 Å². The maximum atomic E-state index is 12.4. The Morgan fingerprint density at radius 2 is 2.17 bits per heavy atom. The van der Waals surface area contributed by atoms with Crippen LogP contribution in [0.5, 0.6) is 0 Å². The molecule has 3 heterocycles. The van der Waals surface area contributed by atoms with E-state index in [1.165, 1.54) is 0 Å². The molecule has 0 atom stereocenters. The quantitative estimate of drug-likeness (QED) is 0.598. The number of hydrogen-bond donors (Lipinski definition) is 1. The molecule has 24 heavy (non-hydrogen) atoms. The van der Waals surface area contributed by atoms with Gasteiger partial charge >= 0.3 is 0 Å². The first kappa shape index (κ1) is 14.7. The Labute approximate surface area is 142 Å². The van der Waals surface area contributed by atoms with Gasteiger partial charge in [0.1, 0.15) is 11.5 Å². The van der Waals surface area contributed by atoms with Gasteiger partial charge in [-0.25, -0.2) is 4.98 Å². The Kier molecular flexibility index (Phi) is 3.46. The third-order valence-electron chi connectivity index (χ3n) is 3.80. The van der Waals surface area contributed by atoms with Gasteiger partial charge in [-0.15, -0.1) is 11.3 Å². The molecule has 5 nitrogen and oxygen atoms in total. The predicted octanol–water partition coefficient (Wildman–Crippen LogP) is 4.52. The number of anilines is 1. The van der Waals surface area contributed by atoms with Crippen molar-refractivity contribution in [3.8, 4) is 11.3 Å². The SMILES string of the molecule is Cc1cc(C(=O)Nc2cccc(-c3cn4ccsc4n3)c2)c(C)o1. The minimum Gasteiger partial charge on any atom is -0.466 e. The summed E-state index contributed by atoms with van der Waals surface area (Å²) in [4.78, 5) is 17.9. The fourth-order valence-electron chi connectivity index (χ4n) is 2.68. The van der Waals surface area contributed by atoms with Crippen molar-refractivity contribution in [2.24, 2.45) is 0 Å². The average molecular weight is 337 g/mol. The van der Waals surface area contributed by atoms with Crippen molar-refractivity contribution in [1.82, 2.24) is 9.38 Å². The lowest BCUT2D eigenvalue weighted by molar-refractivity contribution is 0.102. The third-order valence-corrected chi connectivity index (χ3v) is 4.57. The van der Waals surface area contributed by atoms with E-state index in [-0.39, 0.29) is 5.91 Å². The van der Waals surface area contributed by atoms with E-state index in [1.54, 1.807) is 24.3 Å². The van der Waals surface area contributed by atoms with E-state index < -0.39 is 0 Å². The smallest absolute Gasteiger partial charge is 0.259 e. The van der Waals surface area contributed by atoms with Crippen molar-refractivity contribution >= 4 is 27.9 Å². The number of fused-ring (bicyclic) bond motifs is 1. The fraction of sp³-hybridized carbons (Fsp3) is 0.111. The van der Waals surface area contributed by atoms with Crippen molar-refractivity contribution in [2.75, 3.05) is 5.32 Å². The van der Waals surface area contributed by atoms with E-state index in [2.05, 4.69) is 10.3 Å². The maximum Gasteiger partial charge on any atom is 0.259 e. The molecule has 0 saturated carbocycles. The van der Waals surface area contributed by atoms with Gasteiger partial charge in [-0.05, 0) is 32.0 Å². The van der Waals surface area contributed by atoms with E-state index in [1.807, 2.05) is 53.4 Å². The van der Waals surface area contributed by atoms with Crippen LogP contribution in [0.25, 0.3) is 16.2 Å². The molecule has 0 unspecified atom stereocenters. The molecule has 0 radical (unpaired) electrons. The summed E-state index contributed by atoms with van der Waals surface area (Å²) >= 11 is 1.59. The van der Waals surface area contributed by atoms with Crippen LogP contribution in [0.1, 0.15) is 21.9 Å². The van der Waals surface area contributed by atoms with E-state index in [4.69, 9.17) is 4.42 Å². The Hall–Kier alpha value is -2.86. The molecule has 1 aromatic carbocycles. The molecule has 4 aromatic rings. The zero-order valence-corrected chi connectivity index (χ0v) is 14.1. The number of rotatable bonds is 3. The van der Waals surface area contributed by atoms with Crippen molar-refractivity contribution in [2.45, 2.75) is 13.8 Å². The van der Waals surface area contributed by atoms with E-state index in [0.717, 1.165) is 27.7 Å². The molecule has 0 spiro atoms. The summed E-state index contributed by atoms with van der Waals surface area (Å²) < 4.78 is 7.41. The van der Waals surface area contributed by atoms with Crippen LogP contribution in [0, 0.1) is 13.8 Å². The van der Waals surface area contributed by atoms with Gasteiger partial charge in [-0.1, -0.05) is 12.1 Å². The lowest BCUT2D eigenvalue weighted by Gasteiger charge is -2.06. The molecule has 4 rings (SSSR count). The molecular formula is C18H15N3O2S. The number of benzene rings is 1. The lowest BCUT2D eigenvalue weighted by Crippen LogP contribution is -2.12. The van der Waals surface area contributed by atoms with Gasteiger partial charge in [-0.3, -0.25) is 9.20 Å². The number of imidazole rings is 1. The molecule has 0 aliphatic heterocycles. The number of carbonyl (C=O) groups is 1. The first-order valence-electron chi connectivity index (χ1n) is 7.51. The zero-order valence-electron chi connectivity index (χ0n) is 13.2. The normalized spacial score (nSPS) is 11.1. The van der Waals surface area contributed by atoms with Gasteiger partial charge in [0, 0.05) is 29.0 Å². The van der Waals surface area contributed by atoms with Crippen LogP contribution >= 0.6 is 11.3 Å². The number of aryl methyl sites for hydroxylation is 2. The molecule has 0 saturated heterocycles. The van der Waals surface area contributed by atoms with Gasteiger partial charge in [0.15, 0.2) is 4.96 Å². The molecule has 0 aliphatic carbocycles. The Bertz CT molecular complexity index is 1010. The first-order valence-corrected chi connectivity index (χ1v) is 8.39. The summed E-state index contributed by atoms with van der Waals surface area (Å²) in [6, 6.07) is 9.42. The summed E-state index contributed by atoms with van der Waals surface area (Å²) in [6.07, 6.45) is 3.96. The van der Waals surface area contributed by atoms with Crippen LogP contribution in [0.2, 0.25) is 0 Å². The minimum atomic E-state index is -0.174. The second-order valence-electron chi connectivity index (χ2n) is 5.58. The van der Waals surface area contributed by atoms with Gasteiger partial charge in [0.2, 0.25) is 0 Å². The van der Waals surface area contributed by atoms with Crippen LogP contribution in [0.3, 0.4) is 0 Å². The number of furan rings is 1. The van der Waals surface area contributed by atoms with E-state index >= 15 is 0 Å². The third kappa shape index (κ3) is 2.61. The summed E-state index contributed by atoms with van der Waals surface area (Å²) in [6.45, 7) is 3.62. The van der Waals surface area contributed by atoms with Crippen LogP contribution < -0.4 is 5.32 Å². The van der Waals surface area contributed by atoms with Gasteiger partial charge in [0.05, 0.1) is 11.3 Å². The predicted molar refractivity (Wildman–Crippen MR) is 94.6 cm³/mol. The zero-order chi connectivity index (χ0) is 16.7. The molecule has 3 aromatic heterocycles. The maximum absolute atomic E-state index is 12.4. The molecule has 0 aliphatic rings. The summed E-state index contributed by atoms with van der Waals surface area (Å²) in [5, 5.41) is 4.92. The molecule has 6 heteroatoms. The Morgan fingerprint density at radius 1 is 1.29 bits per heavy atom. The number of amides is 1. The molecular weight excluding hydrogens is 322 g/mol. The van der Waals surface area contributed by atoms with Gasteiger partial charge < -0.3 is 9.73 Å². The first-order chi connectivity index (χ1) is 11.6. The number of carbonyl (C=O) groups excluding carboxylic acids is 1. The number of nitrogens with zero attached hydrogens (tertiary/aromatic N) is 2.